The summed E-state index contributed by atoms with van der Waals surface area (Å²) in [4.78, 5) is 17.6. The number of hydrogen-bond donors (Lipinski definition) is 1. The van der Waals surface area contributed by atoms with Gasteiger partial charge in [-0.25, -0.2) is 9.38 Å². The number of benzene rings is 3. The number of aromatic nitrogens is 1. The van der Waals surface area contributed by atoms with Gasteiger partial charge in [-0.3, -0.25) is 4.79 Å². The minimum absolute atomic E-state index is 0.185. The lowest BCUT2D eigenvalue weighted by Gasteiger charge is -2.08. The average molecular weight is 442 g/mol. The van der Waals surface area contributed by atoms with Crippen molar-refractivity contribution >= 4 is 45.5 Å². The van der Waals surface area contributed by atoms with E-state index < -0.39 is 0 Å². The van der Waals surface area contributed by atoms with Crippen LogP contribution in [0.15, 0.2) is 88.8 Å². The third-order valence-corrected chi connectivity index (χ3v) is 6.36. The average Bonchev–Trinajstić information content (AvgIpc) is 3.28. The molecule has 0 saturated carbocycles. The number of aliphatic imine (C=N–C) groups is 1. The van der Waals surface area contributed by atoms with E-state index in [2.05, 4.69) is 46.1 Å². The van der Waals surface area contributed by atoms with Gasteiger partial charge in [0.2, 0.25) is 0 Å². The van der Waals surface area contributed by atoms with Gasteiger partial charge in [0.1, 0.15) is 5.82 Å². The van der Waals surface area contributed by atoms with Gasteiger partial charge < -0.3 is 9.88 Å². The van der Waals surface area contributed by atoms with Crippen LogP contribution < -0.4 is 5.32 Å². The van der Waals surface area contributed by atoms with Gasteiger partial charge in [-0.1, -0.05) is 48.5 Å². The predicted molar refractivity (Wildman–Crippen MR) is 129 cm³/mol. The number of halogens is 1. The molecule has 1 fully saturated rings. The largest absolute Gasteiger partial charge is 0.340 e. The molecular formula is C26H20FN3OS. The molecule has 0 bridgehead atoms. The Balaban J connectivity index is 1.51. The summed E-state index contributed by atoms with van der Waals surface area (Å²) in [6.07, 6.45) is 1.94. The van der Waals surface area contributed by atoms with Crippen LogP contribution in [0.25, 0.3) is 17.0 Å². The summed E-state index contributed by atoms with van der Waals surface area (Å²) in [5.41, 5.74) is 5.06. The molecule has 1 amide bonds. The van der Waals surface area contributed by atoms with E-state index in [9.17, 15) is 9.18 Å². The summed E-state index contributed by atoms with van der Waals surface area (Å²) >= 11 is 1.29. The minimum Gasteiger partial charge on any atom is -0.340 e. The first-order valence-electron chi connectivity index (χ1n) is 10.3. The normalized spacial score (nSPS) is 16.2. The van der Waals surface area contributed by atoms with Gasteiger partial charge in [0, 0.05) is 28.7 Å². The standard InChI is InChI=1S/C26H20FN3OS/c1-17-22(15-24-25(31)29-26(32-24)28-20-13-11-19(27)12-14-20)21-9-5-6-10-23(21)30(17)16-18-7-3-2-4-8-18/h2-15H,16H2,1H3,(H,28,29,31)/b24-15-. The van der Waals surface area contributed by atoms with Crippen LogP contribution in [0.1, 0.15) is 16.8 Å². The molecule has 0 atom stereocenters. The number of para-hydroxylation sites is 1. The lowest BCUT2D eigenvalue weighted by molar-refractivity contribution is -0.115. The van der Waals surface area contributed by atoms with Crippen molar-refractivity contribution in [3.63, 3.8) is 0 Å². The number of hydrogen-bond acceptors (Lipinski definition) is 3. The Morgan fingerprint density at radius 3 is 2.50 bits per heavy atom. The van der Waals surface area contributed by atoms with Crippen molar-refractivity contribution in [1.82, 2.24) is 9.88 Å². The Bertz CT molecular complexity index is 1370. The molecule has 1 aliphatic heterocycles. The third kappa shape index (κ3) is 3.97. The maximum absolute atomic E-state index is 13.1. The Morgan fingerprint density at radius 1 is 1.00 bits per heavy atom. The highest BCUT2D eigenvalue weighted by molar-refractivity contribution is 8.18. The number of thioether (sulfide) groups is 1. The van der Waals surface area contributed by atoms with Crippen molar-refractivity contribution < 1.29 is 9.18 Å². The molecule has 6 heteroatoms. The molecule has 0 aliphatic carbocycles. The summed E-state index contributed by atoms with van der Waals surface area (Å²) in [6, 6.07) is 24.4. The van der Waals surface area contributed by atoms with E-state index in [1.54, 1.807) is 12.1 Å². The molecule has 5 rings (SSSR count). The molecule has 3 aromatic carbocycles. The van der Waals surface area contributed by atoms with Crippen molar-refractivity contribution in [2.75, 3.05) is 0 Å². The van der Waals surface area contributed by atoms with Crippen molar-refractivity contribution in [3.05, 3.63) is 106 Å². The first kappa shape index (κ1) is 20.3. The molecule has 1 N–H and O–H groups in total. The van der Waals surface area contributed by atoms with E-state index in [1.165, 1.54) is 29.5 Å². The molecule has 158 valence electrons. The molecule has 0 spiro atoms. The second-order valence-electron chi connectivity index (χ2n) is 7.55. The third-order valence-electron chi connectivity index (χ3n) is 5.45. The van der Waals surface area contributed by atoms with Crippen LogP contribution in [0.3, 0.4) is 0 Å². The molecule has 0 radical (unpaired) electrons. The van der Waals surface area contributed by atoms with E-state index in [0.29, 0.717) is 15.8 Å². The lowest BCUT2D eigenvalue weighted by Crippen LogP contribution is -2.19. The Morgan fingerprint density at radius 2 is 1.72 bits per heavy atom. The Hall–Kier alpha value is -3.64. The van der Waals surface area contributed by atoms with Gasteiger partial charge in [0.05, 0.1) is 10.6 Å². The first-order valence-corrected chi connectivity index (χ1v) is 11.1. The zero-order chi connectivity index (χ0) is 22.1. The van der Waals surface area contributed by atoms with E-state index in [0.717, 1.165) is 28.7 Å². The van der Waals surface area contributed by atoms with Gasteiger partial charge in [0.25, 0.3) is 5.91 Å². The van der Waals surface area contributed by atoms with E-state index in [1.807, 2.05) is 36.4 Å². The fourth-order valence-corrected chi connectivity index (χ4v) is 4.68. The molecule has 1 aromatic heterocycles. The smallest absolute Gasteiger partial charge is 0.264 e. The highest BCUT2D eigenvalue weighted by Crippen LogP contribution is 2.33. The van der Waals surface area contributed by atoms with Gasteiger partial charge in [0.15, 0.2) is 5.17 Å². The van der Waals surface area contributed by atoms with Gasteiger partial charge in [-0.05, 0) is 60.7 Å². The molecule has 4 aromatic rings. The number of carbonyl (C=O) groups is 1. The maximum Gasteiger partial charge on any atom is 0.264 e. The van der Waals surface area contributed by atoms with Gasteiger partial charge in [-0.2, -0.15) is 0 Å². The van der Waals surface area contributed by atoms with Crippen molar-refractivity contribution in [2.24, 2.45) is 4.99 Å². The summed E-state index contributed by atoms with van der Waals surface area (Å²) in [5.74, 6) is -0.504. The number of fused-ring (bicyclic) bond motifs is 1. The molecule has 4 nitrogen and oxygen atoms in total. The number of amidine groups is 1. The number of rotatable bonds is 4. The zero-order valence-corrected chi connectivity index (χ0v) is 18.2. The van der Waals surface area contributed by atoms with Crippen molar-refractivity contribution in [2.45, 2.75) is 13.5 Å². The summed E-state index contributed by atoms with van der Waals surface area (Å²) in [7, 11) is 0. The lowest BCUT2D eigenvalue weighted by atomic mass is 10.1. The number of amides is 1. The zero-order valence-electron chi connectivity index (χ0n) is 17.4. The quantitative estimate of drug-likeness (QED) is 0.393. The van der Waals surface area contributed by atoms with Crippen molar-refractivity contribution in [3.8, 4) is 0 Å². The fourth-order valence-electron chi connectivity index (χ4n) is 3.85. The molecule has 1 saturated heterocycles. The summed E-state index contributed by atoms with van der Waals surface area (Å²) < 4.78 is 15.4. The van der Waals surface area contributed by atoms with Crippen LogP contribution in [0.2, 0.25) is 0 Å². The van der Waals surface area contributed by atoms with Gasteiger partial charge >= 0.3 is 0 Å². The predicted octanol–water partition coefficient (Wildman–Crippen LogP) is 6.03. The summed E-state index contributed by atoms with van der Waals surface area (Å²) in [5, 5.41) is 4.39. The molecule has 1 aliphatic rings. The van der Waals surface area contributed by atoms with E-state index in [-0.39, 0.29) is 11.7 Å². The Kier molecular flexibility index (Phi) is 5.37. The van der Waals surface area contributed by atoms with Crippen LogP contribution in [0.4, 0.5) is 10.1 Å². The summed E-state index contributed by atoms with van der Waals surface area (Å²) in [6.45, 7) is 2.84. The SMILES string of the molecule is Cc1c(/C=C2\SC(=Nc3ccc(F)cc3)NC2=O)c2ccccc2n1Cc1ccccc1. The number of carbonyl (C=O) groups excluding carboxylic acids is 1. The fraction of sp³-hybridized carbons (Fsp3) is 0.0769. The topological polar surface area (TPSA) is 46.4 Å². The number of nitrogens with zero attached hydrogens (tertiary/aromatic N) is 2. The molecule has 32 heavy (non-hydrogen) atoms. The van der Waals surface area contributed by atoms with Crippen LogP contribution in [0, 0.1) is 12.7 Å². The van der Waals surface area contributed by atoms with Crippen molar-refractivity contribution in [1.29, 1.82) is 0 Å². The van der Waals surface area contributed by atoms with E-state index in [4.69, 9.17) is 0 Å². The van der Waals surface area contributed by atoms with Crippen LogP contribution in [-0.2, 0) is 11.3 Å². The van der Waals surface area contributed by atoms with Gasteiger partial charge in [-0.15, -0.1) is 0 Å². The van der Waals surface area contributed by atoms with Crippen LogP contribution in [-0.4, -0.2) is 15.6 Å². The number of nitrogens with one attached hydrogen (secondary N) is 1. The molecule has 0 unspecified atom stereocenters. The van der Waals surface area contributed by atoms with E-state index >= 15 is 0 Å². The van der Waals surface area contributed by atoms with Crippen LogP contribution >= 0.6 is 11.8 Å². The minimum atomic E-state index is -0.319. The van der Waals surface area contributed by atoms with Crippen LogP contribution in [0.5, 0.6) is 0 Å². The highest BCUT2D eigenvalue weighted by atomic mass is 32.2. The second kappa shape index (κ2) is 8.48. The monoisotopic (exact) mass is 441 g/mol. The molecular weight excluding hydrogens is 421 g/mol. The second-order valence-corrected chi connectivity index (χ2v) is 8.58. The molecule has 2 heterocycles. The maximum atomic E-state index is 13.1. The Labute approximate surface area is 189 Å². The highest BCUT2D eigenvalue weighted by Gasteiger charge is 2.25. The first-order chi connectivity index (χ1) is 15.6.